The molecule has 1 N–H and O–H groups in total. The average molecular weight is 179 g/mol. The van der Waals surface area contributed by atoms with E-state index in [0.717, 1.165) is 13.0 Å². The molecule has 0 aromatic heterocycles. The van der Waals surface area contributed by atoms with Crippen LogP contribution in [0.1, 0.15) is 6.42 Å². The molecule has 1 heterocycles. The second-order valence-corrected chi connectivity index (χ2v) is 4.68. The minimum absolute atomic E-state index is 0.365. The first-order valence-electron chi connectivity index (χ1n) is 3.60. The number of sulfonamides is 1. The van der Waals surface area contributed by atoms with Crippen LogP contribution in [0.25, 0.3) is 0 Å². The van der Waals surface area contributed by atoms with Gasteiger partial charge < -0.3 is 4.74 Å². The number of ether oxygens (including phenoxy) is 1. The van der Waals surface area contributed by atoms with Crippen LogP contribution in [-0.4, -0.2) is 34.4 Å². The Morgan fingerprint density at radius 3 is 2.82 bits per heavy atom. The summed E-state index contributed by atoms with van der Waals surface area (Å²) in [6, 6.07) is 0. The molecule has 1 aliphatic heterocycles. The first-order chi connectivity index (χ1) is 5.08. The summed E-state index contributed by atoms with van der Waals surface area (Å²) in [4.78, 5) is 0. The predicted octanol–water partition coefficient (Wildman–Crippen LogP) is -0.428. The molecule has 0 bridgehead atoms. The van der Waals surface area contributed by atoms with Crippen molar-refractivity contribution >= 4 is 10.0 Å². The molecule has 5 heteroatoms. The van der Waals surface area contributed by atoms with Gasteiger partial charge in [0.2, 0.25) is 10.0 Å². The SMILES string of the molecule is CS(=O)(=O)NCC1CCOC1. The van der Waals surface area contributed by atoms with Crippen molar-refractivity contribution in [3.05, 3.63) is 0 Å². The zero-order chi connectivity index (χ0) is 8.32. The van der Waals surface area contributed by atoms with Gasteiger partial charge in [-0.2, -0.15) is 0 Å². The van der Waals surface area contributed by atoms with Crippen LogP contribution in [-0.2, 0) is 14.8 Å². The molecule has 0 aromatic rings. The predicted molar refractivity (Wildman–Crippen MR) is 41.8 cm³/mol. The van der Waals surface area contributed by atoms with Crippen molar-refractivity contribution in [1.29, 1.82) is 0 Å². The summed E-state index contributed by atoms with van der Waals surface area (Å²) < 4.78 is 28.8. The molecule has 1 unspecified atom stereocenters. The molecule has 0 saturated carbocycles. The van der Waals surface area contributed by atoms with E-state index in [4.69, 9.17) is 4.74 Å². The lowest BCUT2D eigenvalue weighted by atomic mass is 10.1. The molecule has 1 saturated heterocycles. The van der Waals surface area contributed by atoms with Crippen LogP contribution in [0.15, 0.2) is 0 Å². The van der Waals surface area contributed by atoms with Crippen LogP contribution in [0.2, 0.25) is 0 Å². The molecular formula is C6H13NO3S. The van der Waals surface area contributed by atoms with E-state index in [9.17, 15) is 8.42 Å². The van der Waals surface area contributed by atoms with Crippen LogP contribution in [0.5, 0.6) is 0 Å². The summed E-state index contributed by atoms with van der Waals surface area (Å²) in [6.45, 7) is 1.96. The molecule has 0 aromatic carbocycles. The maximum atomic E-state index is 10.6. The van der Waals surface area contributed by atoms with E-state index in [0.29, 0.717) is 19.1 Å². The molecule has 0 radical (unpaired) electrons. The highest BCUT2D eigenvalue weighted by atomic mass is 32.2. The van der Waals surface area contributed by atoms with Gasteiger partial charge in [-0.05, 0) is 12.3 Å². The first-order valence-corrected chi connectivity index (χ1v) is 5.49. The number of nitrogens with one attached hydrogen (secondary N) is 1. The first kappa shape index (κ1) is 8.96. The fourth-order valence-electron chi connectivity index (χ4n) is 1.01. The van der Waals surface area contributed by atoms with Crippen molar-refractivity contribution in [3.8, 4) is 0 Å². The summed E-state index contributed by atoms with van der Waals surface area (Å²) in [7, 11) is -3.02. The van der Waals surface area contributed by atoms with Crippen molar-refractivity contribution in [2.45, 2.75) is 6.42 Å². The largest absolute Gasteiger partial charge is 0.381 e. The van der Waals surface area contributed by atoms with E-state index in [2.05, 4.69) is 4.72 Å². The van der Waals surface area contributed by atoms with E-state index < -0.39 is 10.0 Å². The molecular weight excluding hydrogens is 166 g/mol. The molecule has 1 rings (SSSR count). The van der Waals surface area contributed by atoms with E-state index in [-0.39, 0.29) is 0 Å². The van der Waals surface area contributed by atoms with Crippen molar-refractivity contribution in [2.75, 3.05) is 26.0 Å². The minimum atomic E-state index is -3.02. The smallest absolute Gasteiger partial charge is 0.208 e. The Morgan fingerprint density at radius 1 is 1.64 bits per heavy atom. The summed E-state index contributed by atoms with van der Waals surface area (Å²) in [5, 5.41) is 0. The van der Waals surface area contributed by atoms with Gasteiger partial charge in [0, 0.05) is 13.2 Å². The van der Waals surface area contributed by atoms with Crippen LogP contribution in [0.4, 0.5) is 0 Å². The fraction of sp³-hybridized carbons (Fsp3) is 1.00. The Balaban J connectivity index is 2.22. The van der Waals surface area contributed by atoms with Gasteiger partial charge in [0.1, 0.15) is 0 Å². The van der Waals surface area contributed by atoms with Gasteiger partial charge in [-0.1, -0.05) is 0 Å². The monoisotopic (exact) mass is 179 g/mol. The molecule has 4 nitrogen and oxygen atoms in total. The number of hydrogen-bond donors (Lipinski definition) is 1. The zero-order valence-electron chi connectivity index (χ0n) is 6.54. The molecule has 0 amide bonds. The Bertz CT molecular complexity index is 206. The lowest BCUT2D eigenvalue weighted by Gasteiger charge is -2.06. The Morgan fingerprint density at radius 2 is 2.36 bits per heavy atom. The van der Waals surface area contributed by atoms with Crippen molar-refractivity contribution in [3.63, 3.8) is 0 Å². The van der Waals surface area contributed by atoms with Gasteiger partial charge in [0.15, 0.2) is 0 Å². The lowest BCUT2D eigenvalue weighted by Crippen LogP contribution is -2.28. The standard InChI is InChI=1S/C6H13NO3S/c1-11(8,9)7-4-6-2-3-10-5-6/h6-7H,2-5H2,1H3. The van der Waals surface area contributed by atoms with Gasteiger partial charge in [-0.3, -0.25) is 0 Å². The van der Waals surface area contributed by atoms with Crippen molar-refractivity contribution < 1.29 is 13.2 Å². The summed E-state index contributed by atoms with van der Waals surface area (Å²) in [5.41, 5.74) is 0. The van der Waals surface area contributed by atoms with Gasteiger partial charge in [0.05, 0.1) is 12.9 Å². The highest BCUT2D eigenvalue weighted by molar-refractivity contribution is 7.88. The highest BCUT2D eigenvalue weighted by Gasteiger charge is 2.16. The van der Waals surface area contributed by atoms with E-state index >= 15 is 0 Å². The molecule has 0 spiro atoms. The Kier molecular flexibility index (Phi) is 2.86. The zero-order valence-corrected chi connectivity index (χ0v) is 7.36. The van der Waals surface area contributed by atoms with E-state index in [1.165, 1.54) is 6.26 Å². The second kappa shape index (κ2) is 3.51. The quantitative estimate of drug-likeness (QED) is 0.639. The second-order valence-electron chi connectivity index (χ2n) is 2.85. The van der Waals surface area contributed by atoms with E-state index in [1.54, 1.807) is 0 Å². The third-order valence-corrected chi connectivity index (χ3v) is 2.35. The highest BCUT2D eigenvalue weighted by Crippen LogP contribution is 2.10. The van der Waals surface area contributed by atoms with Gasteiger partial charge in [-0.25, -0.2) is 13.1 Å². The molecule has 1 atom stereocenters. The Hall–Kier alpha value is -0.130. The average Bonchev–Trinajstić information content (AvgIpc) is 2.32. The Labute approximate surface area is 67.0 Å². The minimum Gasteiger partial charge on any atom is -0.381 e. The van der Waals surface area contributed by atoms with Gasteiger partial charge in [0.25, 0.3) is 0 Å². The van der Waals surface area contributed by atoms with Gasteiger partial charge >= 0.3 is 0 Å². The maximum Gasteiger partial charge on any atom is 0.208 e. The lowest BCUT2D eigenvalue weighted by molar-refractivity contribution is 0.186. The van der Waals surface area contributed by atoms with Crippen LogP contribution >= 0.6 is 0 Å². The third kappa shape index (κ3) is 3.69. The molecule has 11 heavy (non-hydrogen) atoms. The van der Waals surface area contributed by atoms with Crippen LogP contribution < -0.4 is 4.72 Å². The van der Waals surface area contributed by atoms with Gasteiger partial charge in [-0.15, -0.1) is 0 Å². The van der Waals surface area contributed by atoms with E-state index in [1.807, 2.05) is 0 Å². The summed E-state index contributed by atoms with van der Waals surface area (Å²) in [5.74, 6) is 0.365. The number of rotatable bonds is 3. The fourth-order valence-corrected chi connectivity index (χ4v) is 1.55. The summed E-state index contributed by atoms with van der Waals surface area (Å²) >= 11 is 0. The number of hydrogen-bond acceptors (Lipinski definition) is 3. The molecule has 66 valence electrons. The van der Waals surface area contributed by atoms with Crippen molar-refractivity contribution in [2.24, 2.45) is 5.92 Å². The summed E-state index contributed by atoms with van der Waals surface area (Å²) in [6.07, 6.45) is 2.13. The van der Waals surface area contributed by atoms with Crippen LogP contribution in [0.3, 0.4) is 0 Å². The van der Waals surface area contributed by atoms with Crippen LogP contribution in [0, 0.1) is 5.92 Å². The third-order valence-electron chi connectivity index (χ3n) is 1.66. The maximum absolute atomic E-state index is 10.6. The molecule has 0 aliphatic carbocycles. The van der Waals surface area contributed by atoms with Crippen molar-refractivity contribution in [1.82, 2.24) is 4.72 Å². The molecule has 1 aliphatic rings. The topological polar surface area (TPSA) is 55.4 Å². The molecule has 1 fully saturated rings. The normalized spacial score (nSPS) is 25.7.